The minimum Gasteiger partial charge on any atom is -0.409 e. The molecule has 0 bridgehead atoms. The standard InChI is InChI=1S/C11H18N6O2/c1-17-10(8(6-13-17)9(12)16-19)15-11(18)14-7-4-2-3-5-7/h6-7,19H,2-5H2,1H3,(H2,12,16)(H2,14,15,18). The molecule has 19 heavy (non-hydrogen) atoms. The summed E-state index contributed by atoms with van der Waals surface area (Å²) >= 11 is 0. The van der Waals surface area contributed by atoms with Crippen LogP contribution in [0.5, 0.6) is 0 Å². The lowest BCUT2D eigenvalue weighted by atomic mass is 10.2. The van der Waals surface area contributed by atoms with E-state index in [1.54, 1.807) is 7.05 Å². The third-order valence-electron chi connectivity index (χ3n) is 3.24. The lowest BCUT2D eigenvalue weighted by Gasteiger charge is -2.13. The summed E-state index contributed by atoms with van der Waals surface area (Å²) in [5.41, 5.74) is 5.90. The molecule has 2 rings (SSSR count). The number of aromatic nitrogens is 2. The zero-order valence-electron chi connectivity index (χ0n) is 10.8. The van der Waals surface area contributed by atoms with Crippen LogP contribution in [0.1, 0.15) is 31.2 Å². The van der Waals surface area contributed by atoms with Crippen molar-refractivity contribution in [1.29, 1.82) is 0 Å². The number of hydrogen-bond donors (Lipinski definition) is 4. The Morgan fingerprint density at radius 1 is 1.58 bits per heavy atom. The second-order valence-electron chi connectivity index (χ2n) is 4.60. The molecule has 8 nitrogen and oxygen atoms in total. The lowest BCUT2D eigenvalue weighted by molar-refractivity contribution is 0.248. The fourth-order valence-corrected chi connectivity index (χ4v) is 2.23. The zero-order valence-corrected chi connectivity index (χ0v) is 10.8. The number of oxime groups is 1. The van der Waals surface area contributed by atoms with Gasteiger partial charge in [-0.3, -0.25) is 10.00 Å². The molecule has 1 saturated carbocycles. The predicted molar refractivity (Wildman–Crippen MR) is 70.1 cm³/mol. The van der Waals surface area contributed by atoms with E-state index < -0.39 is 0 Å². The van der Waals surface area contributed by atoms with Gasteiger partial charge in [-0.1, -0.05) is 18.0 Å². The molecule has 0 radical (unpaired) electrons. The highest BCUT2D eigenvalue weighted by atomic mass is 16.4. The number of urea groups is 1. The first-order valence-electron chi connectivity index (χ1n) is 6.19. The van der Waals surface area contributed by atoms with Gasteiger partial charge in [0, 0.05) is 13.1 Å². The van der Waals surface area contributed by atoms with Crippen LogP contribution in [0, 0.1) is 0 Å². The normalized spacial score (nSPS) is 16.6. The fourth-order valence-electron chi connectivity index (χ4n) is 2.23. The number of aryl methyl sites for hydroxylation is 1. The van der Waals surface area contributed by atoms with Crippen LogP contribution < -0.4 is 16.4 Å². The lowest BCUT2D eigenvalue weighted by Crippen LogP contribution is -2.37. The van der Waals surface area contributed by atoms with Gasteiger partial charge in [0.2, 0.25) is 0 Å². The molecular weight excluding hydrogens is 248 g/mol. The topological polar surface area (TPSA) is 118 Å². The minimum absolute atomic E-state index is 0.0933. The minimum atomic E-state index is -0.303. The average Bonchev–Trinajstić information content (AvgIpc) is 3.00. The highest BCUT2D eigenvalue weighted by molar-refractivity contribution is 6.04. The number of rotatable bonds is 3. The summed E-state index contributed by atoms with van der Waals surface area (Å²) in [4.78, 5) is 11.9. The van der Waals surface area contributed by atoms with E-state index in [9.17, 15) is 4.79 Å². The highest BCUT2D eigenvalue weighted by Gasteiger charge is 2.19. The predicted octanol–water partition coefficient (Wildman–Crippen LogP) is 0.579. The van der Waals surface area contributed by atoms with Gasteiger partial charge in [-0.15, -0.1) is 0 Å². The largest absolute Gasteiger partial charge is 0.409 e. The zero-order chi connectivity index (χ0) is 13.8. The molecule has 5 N–H and O–H groups in total. The van der Waals surface area contributed by atoms with E-state index in [1.165, 1.54) is 10.9 Å². The summed E-state index contributed by atoms with van der Waals surface area (Å²) in [6.45, 7) is 0. The molecule has 0 aliphatic heterocycles. The third-order valence-corrected chi connectivity index (χ3v) is 3.24. The van der Waals surface area contributed by atoms with Crippen LogP contribution in [0.3, 0.4) is 0 Å². The van der Waals surface area contributed by atoms with E-state index in [2.05, 4.69) is 20.9 Å². The Labute approximate surface area is 110 Å². The number of nitrogens with one attached hydrogen (secondary N) is 2. The Morgan fingerprint density at radius 3 is 2.89 bits per heavy atom. The van der Waals surface area contributed by atoms with Crippen molar-refractivity contribution in [3.8, 4) is 0 Å². The van der Waals surface area contributed by atoms with Gasteiger partial charge in [0.15, 0.2) is 5.84 Å². The number of anilines is 1. The Balaban J connectivity index is 2.05. The van der Waals surface area contributed by atoms with Crippen molar-refractivity contribution in [2.75, 3.05) is 5.32 Å². The van der Waals surface area contributed by atoms with Crippen LogP contribution in [-0.4, -0.2) is 32.9 Å². The van der Waals surface area contributed by atoms with Gasteiger partial charge in [-0.05, 0) is 12.8 Å². The van der Waals surface area contributed by atoms with Crippen molar-refractivity contribution in [2.45, 2.75) is 31.7 Å². The summed E-state index contributed by atoms with van der Waals surface area (Å²) in [7, 11) is 1.67. The maximum absolute atomic E-state index is 11.9. The van der Waals surface area contributed by atoms with Gasteiger partial charge >= 0.3 is 6.03 Å². The van der Waals surface area contributed by atoms with Crippen LogP contribution in [0.2, 0.25) is 0 Å². The second-order valence-corrected chi connectivity index (χ2v) is 4.60. The average molecular weight is 266 g/mol. The van der Waals surface area contributed by atoms with E-state index in [4.69, 9.17) is 10.9 Å². The maximum atomic E-state index is 11.9. The van der Waals surface area contributed by atoms with Crippen LogP contribution in [-0.2, 0) is 7.05 Å². The molecule has 2 amide bonds. The molecule has 0 spiro atoms. The first kappa shape index (κ1) is 13.2. The Kier molecular flexibility index (Phi) is 3.88. The van der Waals surface area contributed by atoms with Crippen molar-refractivity contribution in [3.63, 3.8) is 0 Å². The Bertz CT molecular complexity index is 489. The number of nitrogens with zero attached hydrogens (tertiary/aromatic N) is 3. The van der Waals surface area contributed by atoms with Crippen LogP contribution >= 0.6 is 0 Å². The molecule has 8 heteroatoms. The van der Waals surface area contributed by atoms with E-state index >= 15 is 0 Å². The molecule has 1 aliphatic rings. The number of carbonyl (C=O) groups is 1. The molecule has 1 aliphatic carbocycles. The van der Waals surface area contributed by atoms with Crippen molar-refractivity contribution in [2.24, 2.45) is 17.9 Å². The Hall–Kier alpha value is -2.25. The molecule has 0 saturated heterocycles. The van der Waals surface area contributed by atoms with Gasteiger partial charge in [-0.25, -0.2) is 4.79 Å². The summed E-state index contributed by atoms with van der Waals surface area (Å²) in [6.07, 6.45) is 5.73. The van der Waals surface area contributed by atoms with Gasteiger partial charge in [-0.2, -0.15) is 5.10 Å². The molecule has 1 aromatic heterocycles. The second kappa shape index (κ2) is 5.59. The van der Waals surface area contributed by atoms with Crippen LogP contribution in [0.4, 0.5) is 10.6 Å². The SMILES string of the molecule is Cn1ncc(C(N)=NO)c1NC(=O)NC1CCCC1. The molecule has 0 unspecified atom stereocenters. The summed E-state index contributed by atoms with van der Waals surface area (Å²) in [5, 5.41) is 21.1. The smallest absolute Gasteiger partial charge is 0.320 e. The van der Waals surface area contributed by atoms with Crippen molar-refractivity contribution < 1.29 is 10.0 Å². The molecule has 1 heterocycles. The van der Waals surface area contributed by atoms with E-state index in [-0.39, 0.29) is 17.9 Å². The first-order valence-corrected chi connectivity index (χ1v) is 6.19. The van der Waals surface area contributed by atoms with Gasteiger partial charge < -0.3 is 16.3 Å². The van der Waals surface area contributed by atoms with Gasteiger partial charge in [0.05, 0.1) is 11.8 Å². The van der Waals surface area contributed by atoms with E-state index in [1.807, 2.05) is 0 Å². The van der Waals surface area contributed by atoms with Crippen molar-refractivity contribution in [3.05, 3.63) is 11.8 Å². The number of carbonyl (C=O) groups excluding carboxylic acids is 1. The summed E-state index contributed by atoms with van der Waals surface area (Å²) in [5.74, 6) is 0.301. The van der Waals surface area contributed by atoms with Crippen molar-refractivity contribution in [1.82, 2.24) is 15.1 Å². The summed E-state index contributed by atoms with van der Waals surface area (Å²) < 4.78 is 1.46. The summed E-state index contributed by atoms with van der Waals surface area (Å²) in [6, 6.07) is -0.0805. The van der Waals surface area contributed by atoms with E-state index in [0.29, 0.717) is 11.4 Å². The maximum Gasteiger partial charge on any atom is 0.320 e. The fraction of sp³-hybridized carbons (Fsp3) is 0.545. The molecule has 1 aromatic rings. The molecule has 0 aromatic carbocycles. The number of amides is 2. The number of amidine groups is 1. The quantitative estimate of drug-likeness (QED) is 0.277. The monoisotopic (exact) mass is 266 g/mol. The molecule has 1 fully saturated rings. The van der Waals surface area contributed by atoms with Crippen LogP contribution in [0.15, 0.2) is 11.4 Å². The van der Waals surface area contributed by atoms with Gasteiger partial charge in [0.1, 0.15) is 5.82 Å². The molecule has 0 atom stereocenters. The van der Waals surface area contributed by atoms with E-state index in [0.717, 1.165) is 25.7 Å². The number of nitrogens with two attached hydrogens (primary N) is 1. The number of hydrogen-bond acceptors (Lipinski definition) is 4. The Morgan fingerprint density at radius 2 is 2.26 bits per heavy atom. The molecular formula is C11H18N6O2. The molecule has 104 valence electrons. The first-order chi connectivity index (χ1) is 9.11. The highest BCUT2D eigenvalue weighted by Crippen LogP contribution is 2.18. The van der Waals surface area contributed by atoms with Crippen LogP contribution in [0.25, 0.3) is 0 Å². The third kappa shape index (κ3) is 2.95. The van der Waals surface area contributed by atoms with Crippen molar-refractivity contribution >= 4 is 17.7 Å². The van der Waals surface area contributed by atoms with Gasteiger partial charge in [0.25, 0.3) is 0 Å².